The zero-order valence-electron chi connectivity index (χ0n) is 13.1. The van der Waals surface area contributed by atoms with Gasteiger partial charge in [-0.05, 0) is 13.0 Å². The van der Waals surface area contributed by atoms with E-state index in [2.05, 4.69) is 0 Å². The van der Waals surface area contributed by atoms with Crippen molar-refractivity contribution in [1.29, 1.82) is 0 Å². The van der Waals surface area contributed by atoms with E-state index in [1.54, 1.807) is 0 Å². The first-order valence-corrected chi connectivity index (χ1v) is 7.30. The molecule has 1 atom stereocenters. The topological polar surface area (TPSA) is 49.6 Å². The second kappa shape index (κ2) is 6.70. The maximum atomic E-state index is 13.2. The summed E-state index contributed by atoms with van der Waals surface area (Å²) >= 11 is 0. The summed E-state index contributed by atoms with van der Waals surface area (Å²) in [6, 6.07) is 1.78. The number of hydrogen-bond donors (Lipinski definition) is 0. The van der Waals surface area contributed by atoms with Crippen molar-refractivity contribution in [2.75, 3.05) is 31.1 Å². The van der Waals surface area contributed by atoms with Crippen molar-refractivity contribution in [3.8, 4) is 0 Å². The first-order valence-electron chi connectivity index (χ1n) is 7.30. The Kier molecular flexibility index (Phi) is 5.17. The fourth-order valence-corrected chi connectivity index (χ4v) is 2.82. The van der Waals surface area contributed by atoms with E-state index in [-0.39, 0.29) is 25.3 Å². The zero-order chi connectivity index (χ0) is 19.0. The fraction of sp³-hybridized carbons (Fsp3) is 0.571. The van der Waals surface area contributed by atoms with Crippen molar-refractivity contribution in [3.63, 3.8) is 0 Å². The van der Waals surface area contributed by atoms with Crippen LogP contribution in [-0.4, -0.2) is 48.2 Å². The Bertz CT molecular complexity index is 646. The maximum absolute atomic E-state index is 13.2. The van der Waals surface area contributed by atoms with Gasteiger partial charge in [-0.15, -0.1) is 0 Å². The SMILES string of the molecule is CC1CN(c2ccc([N+](=O)[O-])cc2C(F)(F)F)CCN1CC(F)(F)F. The van der Waals surface area contributed by atoms with Gasteiger partial charge in [0.1, 0.15) is 0 Å². The van der Waals surface area contributed by atoms with Crippen LogP contribution >= 0.6 is 0 Å². The summed E-state index contributed by atoms with van der Waals surface area (Å²) in [6.45, 7) is 0.220. The highest BCUT2D eigenvalue weighted by Crippen LogP contribution is 2.39. The number of nitrogens with zero attached hydrogens (tertiary/aromatic N) is 3. The van der Waals surface area contributed by atoms with Gasteiger partial charge in [-0.25, -0.2) is 0 Å². The van der Waals surface area contributed by atoms with E-state index in [9.17, 15) is 36.5 Å². The second-order valence-corrected chi connectivity index (χ2v) is 5.84. The number of rotatable bonds is 3. The van der Waals surface area contributed by atoms with Gasteiger partial charge < -0.3 is 4.90 Å². The van der Waals surface area contributed by atoms with Crippen LogP contribution in [0.5, 0.6) is 0 Å². The van der Waals surface area contributed by atoms with Crippen LogP contribution in [0.2, 0.25) is 0 Å². The Hall–Kier alpha value is -2.04. The smallest absolute Gasteiger partial charge is 0.368 e. The van der Waals surface area contributed by atoms with Gasteiger partial charge in [0.2, 0.25) is 0 Å². The van der Waals surface area contributed by atoms with E-state index in [0.717, 1.165) is 17.0 Å². The van der Waals surface area contributed by atoms with E-state index in [4.69, 9.17) is 0 Å². The molecule has 11 heteroatoms. The van der Waals surface area contributed by atoms with Gasteiger partial charge in [0.05, 0.1) is 17.0 Å². The van der Waals surface area contributed by atoms with Gasteiger partial charge in [-0.1, -0.05) is 0 Å². The molecular weight excluding hydrogens is 356 g/mol. The van der Waals surface area contributed by atoms with Crippen LogP contribution in [0.1, 0.15) is 12.5 Å². The molecule has 5 nitrogen and oxygen atoms in total. The zero-order valence-corrected chi connectivity index (χ0v) is 13.1. The lowest BCUT2D eigenvalue weighted by molar-refractivity contribution is -0.385. The minimum Gasteiger partial charge on any atom is -0.368 e. The van der Waals surface area contributed by atoms with E-state index in [1.807, 2.05) is 0 Å². The van der Waals surface area contributed by atoms with Crippen molar-refractivity contribution >= 4 is 11.4 Å². The molecule has 0 spiro atoms. The van der Waals surface area contributed by atoms with Crippen molar-refractivity contribution in [2.45, 2.75) is 25.3 Å². The molecule has 1 heterocycles. The summed E-state index contributed by atoms with van der Waals surface area (Å²) in [6.07, 6.45) is -9.20. The lowest BCUT2D eigenvalue weighted by Gasteiger charge is -2.41. The van der Waals surface area contributed by atoms with E-state index >= 15 is 0 Å². The number of nitro benzene ring substituents is 1. The minimum atomic E-state index is -4.81. The molecule has 1 aromatic carbocycles. The number of benzene rings is 1. The van der Waals surface area contributed by atoms with Crippen molar-refractivity contribution < 1.29 is 31.3 Å². The minimum absolute atomic E-state index is 0.0404. The molecule has 2 rings (SSSR count). The lowest BCUT2D eigenvalue weighted by Crippen LogP contribution is -2.54. The highest BCUT2D eigenvalue weighted by Gasteiger charge is 2.39. The quantitative estimate of drug-likeness (QED) is 0.462. The molecule has 1 fully saturated rings. The molecule has 0 aromatic heterocycles. The van der Waals surface area contributed by atoms with Crippen LogP contribution in [0.4, 0.5) is 37.7 Å². The van der Waals surface area contributed by atoms with E-state index < -0.39 is 41.1 Å². The van der Waals surface area contributed by atoms with Crippen LogP contribution in [-0.2, 0) is 6.18 Å². The highest BCUT2D eigenvalue weighted by molar-refractivity contribution is 5.59. The predicted molar refractivity (Wildman–Crippen MR) is 77.4 cm³/mol. The number of non-ortho nitro benzene ring substituents is 1. The Balaban J connectivity index is 2.26. The van der Waals surface area contributed by atoms with E-state index in [0.29, 0.717) is 6.07 Å². The molecule has 1 unspecified atom stereocenters. The van der Waals surface area contributed by atoms with Crippen LogP contribution in [0.25, 0.3) is 0 Å². The van der Waals surface area contributed by atoms with Crippen LogP contribution in [0.3, 0.4) is 0 Å². The Morgan fingerprint density at radius 1 is 1.20 bits per heavy atom. The molecular formula is C14H15F6N3O2. The Morgan fingerprint density at radius 3 is 2.32 bits per heavy atom. The third-order valence-electron chi connectivity index (χ3n) is 3.98. The fourth-order valence-electron chi connectivity index (χ4n) is 2.82. The number of piperazine rings is 1. The monoisotopic (exact) mass is 371 g/mol. The molecule has 0 N–H and O–H groups in total. The van der Waals surface area contributed by atoms with Crippen LogP contribution in [0.15, 0.2) is 18.2 Å². The average molecular weight is 371 g/mol. The second-order valence-electron chi connectivity index (χ2n) is 5.84. The third-order valence-corrected chi connectivity index (χ3v) is 3.98. The number of alkyl halides is 6. The van der Waals surface area contributed by atoms with Crippen molar-refractivity contribution in [3.05, 3.63) is 33.9 Å². The van der Waals surface area contributed by atoms with Gasteiger partial charge in [-0.3, -0.25) is 15.0 Å². The average Bonchev–Trinajstić information content (AvgIpc) is 2.46. The Morgan fingerprint density at radius 2 is 1.84 bits per heavy atom. The first-order chi connectivity index (χ1) is 11.4. The number of nitro groups is 1. The van der Waals surface area contributed by atoms with Crippen molar-refractivity contribution in [1.82, 2.24) is 4.90 Å². The van der Waals surface area contributed by atoms with Crippen LogP contribution in [0, 0.1) is 10.1 Å². The number of halogens is 6. The summed E-state index contributed by atoms with van der Waals surface area (Å²) in [5.41, 5.74) is -2.13. The summed E-state index contributed by atoms with van der Waals surface area (Å²) in [5.74, 6) is 0. The molecule has 1 saturated heterocycles. The van der Waals surface area contributed by atoms with Gasteiger partial charge in [0.25, 0.3) is 5.69 Å². The largest absolute Gasteiger partial charge is 0.418 e. The molecule has 1 aliphatic rings. The summed E-state index contributed by atoms with van der Waals surface area (Å²) in [5, 5.41) is 10.7. The molecule has 25 heavy (non-hydrogen) atoms. The molecule has 1 aromatic rings. The third kappa shape index (κ3) is 4.74. The predicted octanol–water partition coefficient (Wildman–Crippen LogP) is 3.69. The Labute approximate surface area is 139 Å². The first kappa shape index (κ1) is 19.3. The summed E-state index contributed by atoms with van der Waals surface area (Å²) < 4.78 is 77.2. The van der Waals surface area contributed by atoms with Gasteiger partial charge in [0, 0.05) is 43.5 Å². The summed E-state index contributed by atoms with van der Waals surface area (Å²) in [4.78, 5) is 12.2. The lowest BCUT2D eigenvalue weighted by atomic mass is 10.1. The normalized spacial score (nSPS) is 20.0. The molecule has 0 aliphatic carbocycles. The number of anilines is 1. The maximum Gasteiger partial charge on any atom is 0.418 e. The van der Waals surface area contributed by atoms with Crippen LogP contribution < -0.4 is 4.90 Å². The molecule has 0 bridgehead atoms. The molecule has 140 valence electrons. The molecule has 1 aliphatic heterocycles. The summed E-state index contributed by atoms with van der Waals surface area (Å²) in [7, 11) is 0. The van der Waals surface area contributed by atoms with Crippen molar-refractivity contribution in [2.24, 2.45) is 0 Å². The highest BCUT2D eigenvalue weighted by atomic mass is 19.4. The van der Waals surface area contributed by atoms with Gasteiger partial charge in [-0.2, -0.15) is 26.3 Å². The van der Waals surface area contributed by atoms with E-state index in [1.165, 1.54) is 11.8 Å². The standard InChI is InChI=1S/C14H15F6N3O2/c1-9-7-21(4-5-22(9)8-13(15,16)17)12-3-2-10(23(24)25)6-11(12)14(18,19)20/h2-3,6,9H,4-5,7-8H2,1H3. The number of hydrogen-bond acceptors (Lipinski definition) is 4. The van der Waals surface area contributed by atoms with Gasteiger partial charge in [0.15, 0.2) is 0 Å². The molecule has 0 saturated carbocycles. The molecule has 0 radical (unpaired) electrons. The van der Waals surface area contributed by atoms with Gasteiger partial charge >= 0.3 is 12.4 Å². The molecule has 0 amide bonds.